The van der Waals surface area contributed by atoms with Crippen molar-refractivity contribution in [3.8, 4) is 33.6 Å². The summed E-state index contributed by atoms with van der Waals surface area (Å²) in [6.07, 6.45) is 4.63. The Hall–Kier alpha value is -4.74. The van der Waals surface area contributed by atoms with Gasteiger partial charge in [0.2, 0.25) is 0 Å². The van der Waals surface area contributed by atoms with Crippen LogP contribution in [-0.2, 0) is 4.74 Å². The molecule has 0 saturated carbocycles. The van der Waals surface area contributed by atoms with E-state index in [2.05, 4.69) is 19.9 Å². The van der Waals surface area contributed by atoms with E-state index in [1.165, 1.54) is 11.1 Å². The van der Waals surface area contributed by atoms with Crippen LogP contribution in [0.4, 0.5) is 18.4 Å². The summed E-state index contributed by atoms with van der Waals surface area (Å²) in [5.74, 6) is -0.161. The second kappa shape index (κ2) is 11.4. The number of carbonyl (C=O) groups is 2. The Labute approximate surface area is 253 Å². The molecule has 6 rings (SSSR count). The van der Waals surface area contributed by atoms with Crippen LogP contribution in [0.5, 0.6) is 0 Å². The molecular weight excluding hydrogens is 570 g/mol. The zero-order chi connectivity index (χ0) is 31.2. The predicted molar refractivity (Wildman–Crippen MR) is 159 cm³/mol. The van der Waals surface area contributed by atoms with E-state index >= 15 is 8.78 Å². The molecule has 3 N–H and O–H groups in total. The lowest BCUT2D eigenvalue weighted by Gasteiger charge is -2.27. The molecule has 2 saturated heterocycles. The molecule has 10 nitrogen and oxygen atoms in total. The van der Waals surface area contributed by atoms with Gasteiger partial charge in [0.25, 0.3) is 0 Å². The summed E-state index contributed by atoms with van der Waals surface area (Å²) in [4.78, 5) is 42.3. The zero-order valence-corrected chi connectivity index (χ0v) is 24.7. The first kappa shape index (κ1) is 29.3. The Bertz CT molecular complexity index is 1690. The third-order valence-corrected chi connectivity index (χ3v) is 8.06. The lowest BCUT2D eigenvalue weighted by molar-refractivity contribution is 0.0218. The molecule has 12 heteroatoms. The Kier molecular flexibility index (Phi) is 7.60. The fraction of sp³-hybridized carbons (Fsp3) is 0.375. The van der Waals surface area contributed by atoms with Crippen molar-refractivity contribution in [1.82, 2.24) is 29.7 Å². The van der Waals surface area contributed by atoms with E-state index in [1.54, 1.807) is 35.4 Å². The van der Waals surface area contributed by atoms with Crippen molar-refractivity contribution in [3.63, 3.8) is 0 Å². The number of aromatic amines is 2. The molecular formula is C32H34F2N6O4. The van der Waals surface area contributed by atoms with Gasteiger partial charge in [-0.3, -0.25) is 9.80 Å². The molecule has 0 spiro atoms. The molecule has 2 aliphatic rings. The number of imidazole rings is 2. The normalized spacial score (nSPS) is 18.7. The van der Waals surface area contributed by atoms with Gasteiger partial charge in [0.05, 0.1) is 35.9 Å². The number of ether oxygens (including phenoxy) is 1. The molecule has 0 bridgehead atoms. The maximum Gasteiger partial charge on any atom is 0.410 e. The van der Waals surface area contributed by atoms with E-state index in [9.17, 15) is 14.7 Å². The molecule has 0 radical (unpaired) electrons. The van der Waals surface area contributed by atoms with Gasteiger partial charge in [0.15, 0.2) is 0 Å². The van der Waals surface area contributed by atoms with Gasteiger partial charge < -0.3 is 19.8 Å². The van der Waals surface area contributed by atoms with Crippen LogP contribution in [0.1, 0.15) is 70.2 Å². The Morgan fingerprint density at radius 1 is 0.841 bits per heavy atom. The van der Waals surface area contributed by atoms with Gasteiger partial charge in [-0.05, 0) is 69.7 Å². The van der Waals surface area contributed by atoms with Crippen LogP contribution in [-0.4, -0.2) is 65.7 Å². The average Bonchev–Trinajstić information content (AvgIpc) is 3.78. The molecule has 4 heterocycles. The minimum atomic E-state index is -1.04. The van der Waals surface area contributed by atoms with Crippen LogP contribution in [0, 0.1) is 11.6 Å². The average molecular weight is 605 g/mol. The van der Waals surface area contributed by atoms with Crippen LogP contribution in [0.15, 0.2) is 48.8 Å². The zero-order valence-electron chi connectivity index (χ0n) is 24.7. The van der Waals surface area contributed by atoms with Gasteiger partial charge in [0, 0.05) is 24.2 Å². The van der Waals surface area contributed by atoms with Crippen molar-refractivity contribution < 1.29 is 28.2 Å². The topological polar surface area (TPSA) is 127 Å². The van der Waals surface area contributed by atoms with Crippen LogP contribution in [0.25, 0.3) is 33.6 Å². The summed E-state index contributed by atoms with van der Waals surface area (Å²) >= 11 is 0. The van der Waals surface area contributed by atoms with E-state index in [0.29, 0.717) is 43.1 Å². The number of carboxylic acid groups (broad SMARTS) is 1. The summed E-state index contributed by atoms with van der Waals surface area (Å²) in [6.45, 7) is 6.51. The molecule has 0 unspecified atom stereocenters. The third-order valence-electron chi connectivity index (χ3n) is 8.06. The summed E-state index contributed by atoms with van der Waals surface area (Å²) in [6, 6.07) is 8.64. The Morgan fingerprint density at radius 3 is 2.00 bits per heavy atom. The summed E-state index contributed by atoms with van der Waals surface area (Å²) in [5.41, 5.74) is 1.85. The minimum absolute atomic E-state index is 0.0128. The van der Waals surface area contributed by atoms with Crippen LogP contribution in [0.2, 0.25) is 0 Å². The molecule has 2 fully saturated rings. The lowest BCUT2D eigenvalue weighted by Crippen LogP contribution is -2.36. The second-order valence-electron chi connectivity index (χ2n) is 12.2. The lowest BCUT2D eigenvalue weighted by atomic mass is 10.00. The largest absolute Gasteiger partial charge is 0.465 e. The number of hydrogen-bond acceptors (Lipinski definition) is 5. The first-order valence-corrected chi connectivity index (χ1v) is 14.7. The second-order valence-corrected chi connectivity index (χ2v) is 12.2. The number of halogens is 2. The van der Waals surface area contributed by atoms with Crippen LogP contribution in [0.3, 0.4) is 0 Å². The number of nitrogens with zero attached hydrogens (tertiary/aromatic N) is 4. The maximum absolute atomic E-state index is 15.3. The van der Waals surface area contributed by atoms with Crippen LogP contribution < -0.4 is 0 Å². The molecule has 0 aliphatic carbocycles. The number of hydrogen-bond donors (Lipinski definition) is 3. The number of rotatable bonds is 5. The molecule has 4 aromatic rings. The SMILES string of the molecule is CC(C)(C)OC(=O)N1CCC[C@H]1c1ncc(-c2ccc(-c3cc(F)c(-c4cnc([C@@H]5CCCN5C(=O)O)[nH]4)cc3F)cc2)[nH]1. The predicted octanol–water partition coefficient (Wildman–Crippen LogP) is 7.30. The van der Waals surface area contributed by atoms with Crippen molar-refractivity contribution in [2.24, 2.45) is 0 Å². The van der Waals surface area contributed by atoms with E-state index in [0.717, 1.165) is 36.2 Å². The van der Waals surface area contributed by atoms with Crippen molar-refractivity contribution in [2.75, 3.05) is 13.1 Å². The van der Waals surface area contributed by atoms with Gasteiger partial charge >= 0.3 is 12.2 Å². The fourth-order valence-corrected chi connectivity index (χ4v) is 5.97. The third kappa shape index (κ3) is 5.76. The van der Waals surface area contributed by atoms with E-state index in [1.807, 2.05) is 20.8 Å². The van der Waals surface area contributed by atoms with E-state index < -0.39 is 29.4 Å². The number of aromatic nitrogens is 4. The van der Waals surface area contributed by atoms with Crippen molar-refractivity contribution in [3.05, 3.63) is 72.1 Å². The number of H-pyrrole nitrogens is 2. The molecule has 2 aliphatic heterocycles. The quantitative estimate of drug-likeness (QED) is 0.219. The van der Waals surface area contributed by atoms with Gasteiger partial charge in [-0.1, -0.05) is 24.3 Å². The van der Waals surface area contributed by atoms with E-state index in [-0.39, 0.29) is 29.0 Å². The highest BCUT2D eigenvalue weighted by atomic mass is 19.1. The van der Waals surface area contributed by atoms with E-state index in [4.69, 9.17) is 4.74 Å². The smallest absolute Gasteiger partial charge is 0.410 e. The summed E-state index contributed by atoms with van der Waals surface area (Å²) in [7, 11) is 0. The summed E-state index contributed by atoms with van der Waals surface area (Å²) in [5, 5.41) is 9.43. The van der Waals surface area contributed by atoms with Gasteiger partial charge in [-0.2, -0.15) is 0 Å². The molecule has 2 amide bonds. The Balaban J connectivity index is 1.18. The molecule has 44 heavy (non-hydrogen) atoms. The molecule has 2 atom stereocenters. The fourth-order valence-electron chi connectivity index (χ4n) is 5.97. The molecule has 230 valence electrons. The highest BCUT2D eigenvalue weighted by molar-refractivity contribution is 5.73. The van der Waals surface area contributed by atoms with Crippen molar-refractivity contribution in [2.45, 2.75) is 64.1 Å². The van der Waals surface area contributed by atoms with Crippen molar-refractivity contribution >= 4 is 12.2 Å². The van der Waals surface area contributed by atoms with Gasteiger partial charge in [-0.25, -0.2) is 28.3 Å². The number of amides is 2. The highest BCUT2D eigenvalue weighted by Gasteiger charge is 2.35. The highest BCUT2D eigenvalue weighted by Crippen LogP contribution is 2.36. The number of carbonyl (C=O) groups excluding carboxylic acids is 1. The first-order chi connectivity index (χ1) is 21.0. The van der Waals surface area contributed by atoms with Crippen LogP contribution >= 0.6 is 0 Å². The van der Waals surface area contributed by atoms with Gasteiger partial charge in [-0.15, -0.1) is 0 Å². The number of likely N-dealkylation sites (tertiary alicyclic amines) is 2. The monoisotopic (exact) mass is 604 g/mol. The first-order valence-electron chi connectivity index (χ1n) is 14.7. The Morgan fingerprint density at radius 2 is 1.36 bits per heavy atom. The number of nitrogens with one attached hydrogen (secondary N) is 2. The minimum Gasteiger partial charge on any atom is -0.465 e. The maximum atomic E-state index is 15.3. The molecule has 2 aromatic carbocycles. The number of benzene rings is 2. The van der Waals surface area contributed by atoms with Gasteiger partial charge in [0.1, 0.15) is 28.9 Å². The van der Waals surface area contributed by atoms with Crippen molar-refractivity contribution in [1.29, 1.82) is 0 Å². The molecule has 2 aromatic heterocycles. The standard InChI is InChI=1S/C32H34F2N6O4/c1-32(2,3)44-31(43)40-13-5-7-27(40)29-35-16-24(37-29)19-10-8-18(9-11-19)20-14-23(34)21(15-22(20)33)25-17-36-28(38-25)26-6-4-12-39(26)30(41)42/h8-11,14-17,26-27H,4-7,12-13H2,1-3H3,(H,35,37)(H,36,38)(H,41,42)/t26-,27-/m0/s1. The summed E-state index contributed by atoms with van der Waals surface area (Å²) < 4.78 is 36.2.